The van der Waals surface area contributed by atoms with Crippen molar-refractivity contribution in [3.63, 3.8) is 0 Å². The molecule has 0 radical (unpaired) electrons. The number of rotatable bonds is 5. The molecule has 1 aliphatic rings. The lowest BCUT2D eigenvalue weighted by molar-refractivity contribution is 0.102. The number of amides is 1. The molecule has 0 atom stereocenters. The van der Waals surface area contributed by atoms with Gasteiger partial charge in [-0.3, -0.25) is 4.79 Å². The van der Waals surface area contributed by atoms with Crippen LogP contribution < -0.4 is 15.5 Å². The van der Waals surface area contributed by atoms with Crippen LogP contribution in [0.1, 0.15) is 21.5 Å². The highest BCUT2D eigenvalue weighted by atomic mass is 35.5. The van der Waals surface area contributed by atoms with Gasteiger partial charge in [-0.15, -0.1) is 0 Å². The summed E-state index contributed by atoms with van der Waals surface area (Å²) in [5.41, 5.74) is 3.73. The van der Waals surface area contributed by atoms with Crippen LogP contribution in [0.2, 0.25) is 5.02 Å². The van der Waals surface area contributed by atoms with Crippen molar-refractivity contribution in [1.82, 2.24) is 0 Å². The second kappa shape index (κ2) is 8.06. The Hall–Kier alpha value is -2.80. The molecule has 1 aliphatic heterocycles. The highest BCUT2D eigenvalue weighted by Gasteiger charge is 2.27. The molecule has 0 saturated carbocycles. The normalized spacial score (nSPS) is 12.6. The number of ether oxygens (including phenoxy) is 1. The van der Waals surface area contributed by atoms with Gasteiger partial charge in [0, 0.05) is 16.3 Å². The zero-order chi connectivity index (χ0) is 19.5. The second-order valence-corrected chi connectivity index (χ2v) is 6.91. The van der Waals surface area contributed by atoms with E-state index in [1.54, 1.807) is 36.4 Å². The Labute approximate surface area is 168 Å². The van der Waals surface area contributed by atoms with Crippen molar-refractivity contribution in [2.75, 3.05) is 5.32 Å². The Morgan fingerprint density at radius 2 is 1.86 bits per heavy atom. The molecule has 0 saturated heterocycles. The Bertz CT molecular complexity index is 992. The molecule has 1 heterocycles. The van der Waals surface area contributed by atoms with Crippen molar-refractivity contribution in [3.8, 4) is 5.75 Å². The molecular weight excluding hydrogens is 376 g/mol. The number of carbonyl (C=O) groups is 1. The fourth-order valence-electron chi connectivity index (χ4n) is 2.95. The lowest BCUT2D eigenvalue weighted by Gasteiger charge is -2.09. The Morgan fingerprint density at radius 3 is 2.61 bits per heavy atom. The fourth-order valence-corrected chi connectivity index (χ4v) is 3.07. The quantitative estimate of drug-likeness (QED) is 0.652. The van der Waals surface area contributed by atoms with Crippen LogP contribution in [0.15, 0.2) is 66.7 Å². The molecular formula is C21H17BClNO4. The van der Waals surface area contributed by atoms with Crippen molar-refractivity contribution in [3.05, 3.63) is 88.4 Å². The highest BCUT2D eigenvalue weighted by molar-refractivity contribution is 6.61. The van der Waals surface area contributed by atoms with Gasteiger partial charge in [-0.2, -0.15) is 0 Å². The Morgan fingerprint density at radius 1 is 1.11 bits per heavy atom. The lowest BCUT2D eigenvalue weighted by atomic mass is 9.79. The van der Waals surface area contributed by atoms with E-state index in [2.05, 4.69) is 5.32 Å². The van der Waals surface area contributed by atoms with Crippen LogP contribution in [0, 0.1) is 0 Å². The number of carbonyl (C=O) groups excluding carboxylic acids is 1. The molecule has 4 rings (SSSR count). The average molecular weight is 394 g/mol. The van der Waals surface area contributed by atoms with Crippen molar-refractivity contribution in [2.45, 2.75) is 13.2 Å². The molecule has 3 aromatic rings. The third-order valence-corrected chi connectivity index (χ3v) is 4.75. The molecule has 1 amide bonds. The van der Waals surface area contributed by atoms with Crippen molar-refractivity contribution in [1.29, 1.82) is 0 Å². The number of hydrogen-bond donors (Lipinski definition) is 2. The van der Waals surface area contributed by atoms with Gasteiger partial charge < -0.3 is 19.7 Å². The van der Waals surface area contributed by atoms with Gasteiger partial charge in [0.15, 0.2) is 0 Å². The molecule has 0 unspecified atom stereocenters. The monoisotopic (exact) mass is 393 g/mol. The van der Waals surface area contributed by atoms with Crippen molar-refractivity contribution in [2.24, 2.45) is 0 Å². The van der Waals surface area contributed by atoms with Gasteiger partial charge in [0.05, 0.1) is 6.61 Å². The second-order valence-electron chi connectivity index (χ2n) is 6.47. The van der Waals surface area contributed by atoms with E-state index in [-0.39, 0.29) is 5.91 Å². The summed E-state index contributed by atoms with van der Waals surface area (Å²) in [4.78, 5) is 12.5. The van der Waals surface area contributed by atoms with Crippen molar-refractivity contribution >= 4 is 35.8 Å². The van der Waals surface area contributed by atoms with E-state index >= 15 is 0 Å². The SMILES string of the molecule is O=C(Nc1ccc2c(c1)B(O)OC2)c1ccc(OCc2ccc(Cl)cc2)cc1. The van der Waals surface area contributed by atoms with E-state index in [4.69, 9.17) is 21.0 Å². The Balaban J connectivity index is 1.37. The third kappa shape index (κ3) is 4.20. The summed E-state index contributed by atoms with van der Waals surface area (Å²) >= 11 is 5.87. The van der Waals surface area contributed by atoms with E-state index in [1.807, 2.05) is 30.3 Å². The van der Waals surface area contributed by atoms with Gasteiger partial charge in [-0.25, -0.2) is 0 Å². The van der Waals surface area contributed by atoms with Crippen LogP contribution in [0.3, 0.4) is 0 Å². The molecule has 0 bridgehead atoms. The summed E-state index contributed by atoms with van der Waals surface area (Å²) in [6.45, 7) is 0.796. The average Bonchev–Trinajstić information content (AvgIpc) is 3.08. The minimum atomic E-state index is -0.941. The first-order chi connectivity index (χ1) is 13.6. The lowest BCUT2D eigenvalue weighted by Crippen LogP contribution is -2.28. The maximum Gasteiger partial charge on any atom is 0.491 e. The van der Waals surface area contributed by atoms with E-state index in [9.17, 15) is 9.82 Å². The third-order valence-electron chi connectivity index (χ3n) is 4.50. The molecule has 2 N–H and O–H groups in total. The van der Waals surface area contributed by atoms with Gasteiger partial charge >= 0.3 is 7.12 Å². The molecule has 0 aromatic heterocycles. The number of anilines is 1. The minimum Gasteiger partial charge on any atom is -0.489 e. The summed E-state index contributed by atoms with van der Waals surface area (Å²) < 4.78 is 10.9. The maximum absolute atomic E-state index is 12.5. The van der Waals surface area contributed by atoms with E-state index in [0.29, 0.717) is 40.7 Å². The Kier molecular flexibility index (Phi) is 5.35. The topological polar surface area (TPSA) is 67.8 Å². The summed E-state index contributed by atoms with van der Waals surface area (Å²) in [6, 6.07) is 19.7. The van der Waals surface area contributed by atoms with E-state index in [1.165, 1.54) is 0 Å². The van der Waals surface area contributed by atoms with Gasteiger partial charge in [0.1, 0.15) is 12.4 Å². The summed E-state index contributed by atoms with van der Waals surface area (Å²) in [7, 11) is -0.941. The maximum atomic E-state index is 12.5. The fraction of sp³-hybridized carbons (Fsp3) is 0.0952. The zero-order valence-electron chi connectivity index (χ0n) is 14.9. The van der Waals surface area contributed by atoms with Crippen LogP contribution in [-0.4, -0.2) is 18.0 Å². The molecule has 0 fully saturated rings. The van der Waals surface area contributed by atoms with E-state index in [0.717, 1.165) is 11.1 Å². The summed E-state index contributed by atoms with van der Waals surface area (Å²) in [6.07, 6.45) is 0. The van der Waals surface area contributed by atoms with Crippen LogP contribution in [0.25, 0.3) is 0 Å². The molecule has 0 aliphatic carbocycles. The zero-order valence-corrected chi connectivity index (χ0v) is 15.6. The first-order valence-corrected chi connectivity index (χ1v) is 9.17. The summed E-state index contributed by atoms with van der Waals surface area (Å²) in [5.74, 6) is 0.432. The van der Waals surface area contributed by atoms with Crippen molar-refractivity contribution < 1.29 is 19.2 Å². The standard InChI is InChI=1S/C21H17BClNO4/c23-17-6-1-14(2-7-17)12-27-19-9-4-15(5-10-19)21(25)24-18-8-3-16-13-28-22(26)20(16)11-18/h1-11,26H,12-13H2,(H,24,25). The van der Waals surface area contributed by atoms with Crippen LogP contribution in [0.4, 0.5) is 5.69 Å². The minimum absolute atomic E-state index is 0.238. The summed E-state index contributed by atoms with van der Waals surface area (Å²) in [5, 5.41) is 13.3. The predicted octanol–water partition coefficient (Wildman–Crippen LogP) is 3.39. The molecule has 5 nitrogen and oxygen atoms in total. The molecule has 28 heavy (non-hydrogen) atoms. The van der Waals surface area contributed by atoms with Gasteiger partial charge in [0.25, 0.3) is 5.91 Å². The highest BCUT2D eigenvalue weighted by Crippen LogP contribution is 2.18. The number of halogens is 1. The molecule has 7 heteroatoms. The van der Waals surface area contributed by atoms with Gasteiger partial charge in [0.2, 0.25) is 0 Å². The van der Waals surface area contributed by atoms with Gasteiger partial charge in [-0.1, -0.05) is 29.8 Å². The molecule has 140 valence electrons. The first kappa shape index (κ1) is 18.6. The van der Waals surface area contributed by atoms with Crippen LogP contribution >= 0.6 is 11.6 Å². The largest absolute Gasteiger partial charge is 0.491 e. The first-order valence-electron chi connectivity index (χ1n) is 8.80. The number of fused-ring (bicyclic) bond motifs is 1. The molecule has 3 aromatic carbocycles. The number of benzene rings is 3. The van der Waals surface area contributed by atoms with Crippen LogP contribution in [0.5, 0.6) is 5.75 Å². The smallest absolute Gasteiger partial charge is 0.489 e. The molecule has 0 spiro atoms. The predicted molar refractivity (Wildman–Crippen MR) is 109 cm³/mol. The number of hydrogen-bond acceptors (Lipinski definition) is 4. The van der Waals surface area contributed by atoms with E-state index < -0.39 is 7.12 Å². The number of nitrogens with one attached hydrogen (secondary N) is 1. The van der Waals surface area contributed by atoms with Crippen LogP contribution in [-0.2, 0) is 17.9 Å². The van der Waals surface area contributed by atoms with Gasteiger partial charge in [-0.05, 0) is 65.1 Å².